The van der Waals surface area contributed by atoms with Gasteiger partial charge >= 0.3 is 5.97 Å². The summed E-state index contributed by atoms with van der Waals surface area (Å²) in [7, 11) is 3.59. The Morgan fingerprint density at radius 3 is 2.81 bits per heavy atom. The van der Waals surface area contributed by atoms with Crippen molar-refractivity contribution in [1.29, 1.82) is 0 Å². The summed E-state index contributed by atoms with van der Waals surface area (Å²) in [5.74, 6) is -0.0409. The van der Waals surface area contributed by atoms with Gasteiger partial charge in [-0.2, -0.15) is 0 Å². The van der Waals surface area contributed by atoms with Crippen LogP contribution in [0.3, 0.4) is 0 Å². The lowest BCUT2D eigenvalue weighted by Crippen LogP contribution is -2.49. The average Bonchev–Trinajstić information content (AvgIpc) is 2.87. The van der Waals surface area contributed by atoms with Crippen LogP contribution in [0.4, 0.5) is 0 Å². The first-order valence-electron chi connectivity index (χ1n) is 7.42. The first-order chi connectivity index (χ1) is 10.1. The predicted octanol–water partition coefficient (Wildman–Crippen LogP) is 2.43. The molecule has 0 spiro atoms. The second-order valence-corrected chi connectivity index (χ2v) is 5.93. The number of methoxy groups -OCH3 is 1. The molecule has 1 heterocycles. The number of aromatic nitrogens is 1. The highest BCUT2D eigenvalue weighted by Crippen LogP contribution is 2.36. The molecule has 21 heavy (non-hydrogen) atoms. The summed E-state index contributed by atoms with van der Waals surface area (Å²) < 4.78 is 10.2. The molecule has 0 aliphatic heterocycles. The van der Waals surface area contributed by atoms with Gasteiger partial charge in [-0.3, -0.25) is 9.69 Å². The summed E-state index contributed by atoms with van der Waals surface area (Å²) >= 11 is 0. The van der Waals surface area contributed by atoms with Gasteiger partial charge in [0.15, 0.2) is 5.76 Å². The third-order valence-electron chi connectivity index (χ3n) is 4.37. The molecule has 6 nitrogen and oxygen atoms in total. The first kappa shape index (κ1) is 16.0. The van der Waals surface area contributed by atoms with Crippen molar-refractivity contribution in [2.45, 2.75) is 57.2 Å². The average molecular weight is 296 g/mol. The number of carboxylic acid groups (broad SMARTS) is 1. The Kier molecular flexibility index (Phi) is 5.36. The minimum absolute atomic E-state index is 0.187. The second-order valence-electron chi connectivity index (χ2n) is 5.93. The van der Waals surface area contributed by atoms with E-state index in [9.17, 15) is 9.90 Å². The molecule has 1 aromatic heterocycles. The molecule has 118 valence electrons. The van der Waals surface area contributed by atoms with E-state index in [-0.39, 0.29) is 12.0 Å². The van der Waals surface area contributed by atoms with E-state index in [1.54, 1.807) is 7.11 Å². The van der Waals surface area contributed by atoms with Crippen LogP contribution in [0, 0.1) is 0 Å². The van der Waals surface area contributed by atoms with Crippen molar-refractivity contribution in [3.05, 3.63) is 17.5 Å². The lowest BCUT2D eigenvalue weighted by atomic mass is 9.78. The molecule has 1 aliphatic rings. The monoisotopic (exact) mass is 296 g/mol. The molecular formula is C15H24N2O4. The minimum Gasteiger partial charge on any atom is -0.481 e. The molecule has 0 atom stereocenters. The molecule has 1 aliphatic carbocycles. The number of hydrogen-bond donors (Lipinski definition) is 1. The van der Waals surface area contributed by atoms with E-state index in [2.05, 4.69) is 10.1 Å². The Hall–Kier alpha value is -1.40. The zero-order valence-corrected chi connectivity index (χ0v) is 12.8. The van der Waals surface area contributed by atoms with Crippen molar-refractivity contribution >= 4 is 5.97 Å². The Morgan fingerprint density at radius 2 is 2.19 bits per heavy atom. The van der Waals surface area contributed by atoms with E-state index in [1.165, 1.54) is 6.42 Å². The van der Waals surface area contributed by atoms with Gasteiger partial charge in [0.2, 0.25) is 0 Å². The van der Waals surface area contributed by atoms with E-state index in [4.69, 9.17) is 9.26 Å². The highest BCUT2D eigenvalue weighted by Gasteiger charge is 2.38. The molecule has 0 unspecified atom stereocenters. The lowest BCUT2D eigenvalue weighted by Gasteiger charge is -2.43. The summed E-state index contributed by atoms with van der Waals surface area (Å²) in [4.78, 5) is 13.4. The van der Waals surface area contributed by atoms with Crippen LogP contribution in [-0.4, -0.2) is 40.8 Å². The molecule has 2 rings (SSSR count). The summed E-state index contributed by atoms with van der Waals surface area (Å²) in [5, 5.41) is 13.3. The molecule has 1 saturated carbocycles. The van der Waals surface area contributed by atoms with Gasteiger partial charge in [0, 0.05) is 25.3 Å². The Balaban J connectivity index is 2.06. The number of carbonyl (C=O) groups is 1. The van der Waals surface area contributed by atoms with Crippen LogP contribution in [-0.2, 0) is 22.7 Å². The summed E-state index contributed by atoms with van der Waals surface area (Å²) in [6.45, 7) is 0.997. The van der Waals surface area contributed by atoms with Gasteiger partial charge < -0.3 is 14.4 Å². The molecule has 0 aromatic carbocycles. The summed E-state index contributed by atoms with van der Waals surface area (Å²) in [5.41, 5.74) is 0.560. The number of carboxylic acids is 1. The van der Waals surface area contributed by atoms with Crippen LogP contribution in [0.25, 0.3) is 0 Å². The van der Waals surface area contributed by atoms with Gasteiger partial charge in [-0.25, -0.2) is 0 Å². The van der Waals surface area contributed by atoms with Crippen LogP contribution in [0.1, 0.15) is 50.0 Å². The highest BCUT2D eigenvalue weighted by molar-refractivity contribution is 5.68. The fraction of sp³-hybridized carbons (Fsp3) is 0.733. The van der Waals surface area contributed by atoms with E-state index >= 15 is 0 Å². The first-order valence-corrected chi connectivity index (χ1v) is 7.42. The number of rotatable bonds is 7. The third-order valence-corrected chi connectivity index (χ3v) is 4.37. The maximum absolute atomic E-state index is 11.2. The molecule has 1 aromatic rings. The maximum atomic E-state index is 11.2. The largest absolute Gasteiger partial charge is 0.481 e. The van der Waals surface area contributed by atoms with Crippen molar-refractivity contribution in [2.75, 3.05) is 14.2 Å². The van der Waals surface area contributed by atoms with Gasteiger partial charge in [-0.1, -0.05) is 24.4 Å². The highest BCUT2D eigenvalue weighted by atomic mass is 16.5. The Bertz CT molecular complexity index is 466. The van der Waals surface area contributed by atoms with E-state index < -0.39 is 5.97 Å². The van der Waals surface area contributed by atoms with E-state index in [0.29, 0.717) is 18.9 Å². The van der Waals surface area contributed by atoms with Gasteiger partial charge in [-0.05, 0) is 19.9 Å². The second kappa shape index (κ2) is 7.04. The van der Waals surface area contributed by atoms with Gasteiger partial charge in [-0.15, -0.1) is 0 Å². The molecule has 0 amide bonds. The standard InChI is InChI=1S/C15H24N2O4/c1-17(10-12-8-13(11-20-2)21-16-12)15(9-14(18)19)6-4-3-5-7-15/h8H,3-7,9-11H2,1-2H3,(H,18,19). The maximum Gasteiger partial charge on any atom is 0.305 e. The smallest absolute Gasteiger partial charge is 0.305 e. The molecule has 6 heteroatoms. The molecule has 0 saturated heterocycles. The molecule has 1 N–H and O–H groups in total. The Labute approximate surface area is 125 Å². The minimum atomic E-state index is -0.732. The molecule has 1 fully saturated rings. The summed E-state index contributed by atoms with van der Waals surface area (Å²) in [6.07, 6.45) is 5.41. The van der Waals surface area contributed by atoms with Crippen molar-refractivity contribution in [1.82, 2.24) is 10.1 Å². The zero-order chi connectivity index (χ0) is 15.3. The third kappa shape index (κ3) is 4.04. The van der Waals surface area contributed by atoms with Crippen molar-refractivity contribution < 1.29 is 19.2 Å². The van der Waals surface area contributed by atoms with Crippen LogP contribution in [0.2, 0.25) is 0 Å². The SMILES string of the molecule is COCc1cc(CN(C)C2(CC(=O)O)CCCCC2)no1. The van der Waals surface area contributed by atoms with Crippen LogP contribution < -0.4 is 0 Å². The summed E-state index contributed by atoms with van der Waals surface area (Å²) in [6, 6.07) is 1.87. The van der Waals surface area contributed by atoms with Crippen molar-refractivity contribution in [2.24, 2.45) is 0 Å². The van der Waals surface area contributed by atoms with Crippen LogP contribution in [0.5, 0.6) is 0 Å². The number of hydrogen-bond acceptors (Lipinski definition) is 5. The lowest BCUT2D eigenvalue weighted by molar-refractivity contribution is -0.141. The van der Waals surface area contributed by atoms with Crippen LogP contribution in [0.15, 0.2) is 10.6 Å². The number of nitrogens with zero attached hydrogens (tertiary/aromatic N) is 2. The van der Waals surface area contributed by atoms with Gasteiger partial charge in [0.05, 0.1) is 12.1 Å². The normalized spacial score (nSPS) is 18.0. The van der Waals surface area contributed by atoms with Crippen molar-refractivity contribution in [3.8, 4) is 0 Å². The number of ether oxygens (including phenoxy) is 1. The quantitative estimate of drug-likeness (QED) is 0.833. The van der Waals surface area contributed by atoms with Crippen LogP contribution >= 0.6 is 0 Å². The Morgan fingerprint density at radius 1 is 1.48 bits per heavy atom. The fourth-order valence-electron chi connectivity index (χ4n) is 3.24. The van der Waals surface area contributed by atoms with Gasteiger partial charge in [0.25, 0.3) is 0 Å². The molecule has 0 bridgehead atoms. The topological polar surface area (TPSA) is 75.8 Å². The molecule has 0 radical (unpaired) electrons. The zero-order valence-electron chi connectivity index (χ0n) is 12.8. The number of aliphatic carboxylic acids is 1. The predicted molar refractivity (Wildman–Crippen MR) is 76.8 cm³/mol. The van der Waals surface area contributed by atoms with Gasteiger partial charge in [0.1, 0.15) is 6.61 Å². The molecular weight excluding hydrogens is 272 g/mol. The van der Waals surface area contributed by atoms with E-state index in [0.717, 1.165) is 31.4 Å². The van der Waals surface area contributed by atoms with Crippen molar-refractivity contribution in [3.63, 3.8) is 0 Å². The fourth-order valence-corrected chi connectivity index (χ4v) is 3.24. The van der Waals surface area contributed by atoms with E-state index in [1.807, 2.05) is 13.1 Å².